The summed E-state index contributed by atoms with van der Waals surface area (Å²) < 4.78 is 5.02. The lowest BCUT2D eigenvalue weighted by molar-refractivity contribution is 0.379. The van der Waals surface area contributed by atoms with Gasteiger partial charge >= 0.3 is 6.01 Å². The lowest BCUT2D eigenvalue weighted by Gasteiger charge is -2.18. The van der Waals surface area contributed by atoms with Crippen molar-refractivity contribution < 1.29 is 4.74 Å². The van der Waals surface area contributed by atoms with Crippen molar-refractivity contribution in [3.05, 3.63) is 29.8 Å². The van der Waals surface area contributed by atoms with E-state index in [9.17, 15) is 0 Å². The van der Waals surface area contributed by atoms with Crippen LogP contribution in [0.5, 0.6) is 6.01 Å². The minimum Gasteiger partial charge on any atom is -0.467 e. The van der Waals surface area contributed by atoms with Gasteiger partial charge in [0.1, 0.15) is 0 Å². The number of benzene rings is 1. The number of nitrogens with one attached hydrogen (secondary N) is 1. The Kier molecular flexibility index (Phi) is 3.76. The molecule has 0 aliphatic rings. The zero-order valence-electron chi connectivity index (χ0n) is 11.1. The van der Waals surface area contributed by atoms with E-state index in [-0.39, 0.29) is 12.0 Å². The maximum atomic E-state index is 5.32. The standard InChI is InChI=1S/C12H16N6O/c1-8-4-6-9(7-5-8)18(2)11-14-10(17-13)15-12(16-11)19-3/h4-7H,13H2,1-3H3,(H,14,15,16,17). The van der Waals surface area contributed by atoms with Crippen LogP contribution in [-0.4, -0.2) is 29.1 Å². The van der Waals surface area contributed by atoms with Crippen LogP contribution in [0.25, 0.3) is 0 Å². The van der Waals surface area contributed by atoms with Crippen LogP contribution in [-0.2, 0) is 0 Å². The Bertz CT molecular complexity index is 534. The number of hydrogen-bond donors (Lipinski definition) is 2. The van der Waals surface area contributed by atoms with Crippen molar-refractivity contribution in [2.45, 2.75) is 6.92 Å². The second-order valence-electron chi connectivity index (χ2n) is 3.98. The molecular weight excluding hydrogens is 244 g/mol. The van der Waals surface area contributed by atoms with E-state index in [0.29, 0.717) is 5.95 Å². The van der Waals surface area contributed by atoms with Gasteiger partial charge in [-0.3, -0.25) is 5.43 Å². The number of methoxy groups -OCH3 is 1. The normalized spacial score (nSPS) is 10.1. The van der Waals surface area contributed by atoms with Gasteiger partial charge in [-0.15, -0.1) is 0 Å². The van der Waals surface area contributed by atoms with Crippen molar-refractivity contribution in [1.29, 1.82) is 0 Å². The Morgan fingerprint density at radius 2 is 1.84 bits per heavy atom. The molecule has 0 aliphatic carbocycles. The molecule has 19 heavy (non-hydrogen) atoms. The molecule has 0 fully saturated rings. The number of ether oxygens (including phenoxy) is 1. The Morgan fingerprint density at radius 1 is 1.16 bits per heavy atom. The highest BCUT2D eigenvalue weighted by atomic mass is 16.5. The van der Waals surface area contributed by atoms with Crippen LogP contribution in [0.3, 0.4) is 0 Å². The number of hydrazine groups is 1. The third-order valence-electron chi connectivity index (χ3n) is 2.64. The molecule has 2 aromatic rings. The zero-order valence-corrected chi connectivity index (χ0v) is 11.1. The Hall–Kier alpha value is -2.41. The molecule has 0 atom stereocenters. The van der Waals surface area contributed by atoms with Gasteiger partial charge in [0, 0.05) is 12.7 Å². The van der Waals surface area contributed by atoms with Gasteiger partial charge in [-0.1, -0.05) is 17.7 Å². The molecule has 1 heterocycles. The monoisotopic (exact) mass is 260 g/mol. The summed E-state index contributed by atoms with van der Waals surface area (Å²) in [5, 5.41) is 0. The van der Waals surface area contributed by atoms with Gasteiger partial charge in [0.2, 0.25) is 11.9 Å². The van der Waals surface area contributed by atoms with Crippen LogP contribution < -0.4 is 20.9 Å². The van der Waals surface area contributed by atoms with Crippen molar-refractivity contribution in [3.63, 3.8) is 0 Å². The van der Waals surface area contributed by atoms with Crippen LogP contribution >= 0.6 is 0 Å². The number of nitrogens with zero attached hydrogens (tertiary/aromatic N) is 4. The summed E-state index contributed by atoms with van der Waals surface area (Å²) >= 11 is 0. The number of aryl methyl sites for hydroxylation is 1. The molecule has 0 saturated heterocycles. The number of aromatic nitrogens is 3. The molecule has 0 aliphatic heterocycles. The quantitative estimate of drug-likeness (QED) is 0.631. The first kappa shape index (κ1) is 13.0. The highest BCUT2D eigenvalue weighted by Gasteiger charge is 2.11. The number of nitrogen functional groups attached to an aromatic ring is 1. The number of hydrogen-bond acceptors (Lipinski definition) is 7. The van der Waals surface area contributed by atoms with Crippen molar-refractivity contribution in [2.24, 2.45) is 5.84 Å². The summed E-state index contributed by atoms with van der Waals surface area (Å²) in [5.74, 6) is 6.02. The van der Waals surface area contributed by atoms with E-state index in [1.54, 1.807) is 0 Å². The summed E-state index contributed by atoms with van der Waals surface area (Å²) in [6.07, 6.45) is 0. The van der Waals surface area contributed by atoms with E-state index in [4.69, 9.17) is 10.6 Å². The largest absolute Gasteiger partial charge is 0.467 e. The van der Waals surface area contributed by atoms with Crippen LogP contribution in [0.2, 0.25) is 0 Å². The van der Waals surface area contributed by atoms with E-state index in [1.807, 2.05) is 43.1 Å². The van der Waals surface area contributed by atoms with Gasteiger partial charge in [-0.25, -0.2) is 5.84 Å². The van der Waals surface area contributed by atoms with Gasteiger partial charge in [-0.05, 0) is 19.1 Å². The predicted octanol–water partition coefficient (Wildman–Crippen LogP) is 1.24. The molecule has 0 unspecified atom stereocenters. The lowest BCUT2D eigenvalue weighted by Crippen LogP contribution is -2.17. The first-order valence-corrected chi connectivity index (χ1v) is 5.71. The lowest BCUT2D eigenvalue weighted by atomic mass is 10.2. The fourth-order valence-corrected chi connectivity index (χ4v) is 1.54. The minimum atomic E-state index is 0.205. The third kappa shape index (κ3) is 2.89. The van der Waals surface area contributed by atoms with Crippen molar-refractivity contribution >= 4 is 17.6 Å². The maximum absolute atomic E-state index is 5.32. The van der Waals surface area contributed by atoms with E-state index in [1.165, 1.54) is 12.7 Å². The molecule has 7 nitrogen and oxygen atoms in total. The molecular formula is C12H16N6O. The second kappa shape index (κ2) is 5.49. The van der Waals surface area contributed by atoms with Crippen molar-refractivity contribution in [1.82, 2.24) is 15.0 Å². The van der Waals surface area contributed by atoms with Crippen LogP contribution in [0, 0.1) is 6.92 Å². The number of rotatable bonds is 4. The van der Waals surface area contributed by atoms with Crippen LogP contribution in [0.4, 0.5) is 17.6 Å². The van der Waals surface area contributed by atoms with Gasteiger partial charge in [-0.2, -0.15) is 15.0 Å². The second-order valence-corrected chi connectivity index (χ2v) is 3.98. The Labute approximate surface area is 111 Å². The molecule has 7 heteroatoms. The Balaban J connectivity index is 2.37. The van der Waals surface area contributed by atoms with E-state index in [0.717, 1.165) is 5.69 Å². The molecule has 3 N–H and O–H groups in total. The molecule has 1 aromatic carbocycles. The SMILES string of the molecule is COc1nc(NN)nc(N(C)c2ccc(C)cc2)n1. The smallest absolute Gasteiger partial charge is 0.322 e. The molecule has 100 valence electrons. The molecule has 0 spiro atoms. The molecule has 2 rings (SSSR count). The summed E-state index contributed by atoms with van der Waals surface area (Å²) in [6, 6.07) is 8.22. The highest BCUT2D eigenvalue weighted by molar-refractivity contribution is 5.57. The zero-order chi connectivity index (χ0) is 13.8. The first-order chi connectivity index (χ1) is 9.13. The fraction of sp³-hybridized carbons (Fsp3) is 0.250. The summed E-state index contributed by atoms with van der Waals surface area (Å²) in [7, 11) is 3.35. The number of anilines is 3. The topological polar surface area (TPSA) is 89.2 Å². The molecule has 0 saturated carbocycles. The average Bonchev–Trinajstić information content (AvgIpc) is 2.46. The summed E-state index contributed by atoms with van der Waals surface area (Å²) in [6.45, 7) is 2.03. The van der Waals surface area contributed by atoms with Gasteiger partial charge in [0.15, 0.2) is 0 Å². The minimum absolute atomic E-state index is 0.205. The fourth-order valence-electron chi connectivity index (χ4n) is 1.54. The molecule has 0 amide bonds. The van der Waals surface area contributed by atoms with Gasteiger partial charge in [0.25, 0.3) is 0 Å². The van der Waals surface area contributed by atoms with Crippen LogP contribution in [0.1, 0.15) is 5.56 Å². The van der Waals surface area contributed by atoms with E-state index < -0.39 is 0 Å². The molecule has 0 radical (unpaired) electrons. The highest BCUT2D eigenvalue weighted by Crippen LogP contribution is 2.22. The van der Waals surface area contributed by atoms with Crippen LogP contribution in [0.15, 0.2) is 24.3 Å². The van der Waals surface area contributed by atoms with E-state index in [2.05, 4.69) is 20.4 Å². The number of nitrogens with two attached hydrogens (primary N) is 1. The van der Waals surface area contributed by atoms with Crippen molar-refractivity contribution in [3.8, 4) is 6.01 Å². The summed E-state index contributed by atoms with van der Waals surface area (Å²) in [4.78, 5) is 14.1. The first-order valence-electron chi connectivity index (χ1n) is 5.71. The Morgan fingerprint density at radius 3 is 2.42 bits per heavy atom. The maximum Gasteiger partial charge on any atom is 0.322 e. The molecule has 1 aromatic heterocycles. The summed E-state index contributed by atoms with van der Waals surface area (Å²) in [5.41, 5.74) is 4.54. The predicted molar refractivity (Wildman–Crippen MR) is 73.4 cm³/mol. The third-order valence-corrected chi connectivity index (χ3v) is 2.64. The van der Waals surface area contributed by atoms with Crippen molar-refractivity contribution in [2.75, 3.05) is 24.5 Å². The van der Waals surface area contributed by atoms with E-state index >= 15 is 0 Å². The van der Waals surface area contributed by atoms with Gasteiger partial charge < -0.3 is 9.64 Å². The molecule has 0 bridgehead atoms. The average molecular weight is 260 g/mol. The van der Waals surface area contributed by atoms with Gasteiger partial charge in [0.05, 0.1) is 7.11 Å².